The Morgan fingerprint density at radius 2 is 2.06 bits per heavy atom. The molecule has 0 aliphatic heterocycles. The van der Waals surface area contributed by atoms with Crippen LogP contribution in [-0.4, -0.2) is 21.2 Å². The number of aromatic nitrogens is 2. The highest BCUT2D eigenvalue weighted by atomic mass is 16.5. The number of aliphatic carboxylic acids is 1. The van der Waals surface area contributed by atoms with E-state index in [0.717, 1.165) is 11.1 Å². The van der Waals surface area contributed by atoms with Crippen LogP contribution in [-0.2, 0) is 24.3 Å². The molecule has 0 saturated carbocycles. The van der Waals surface area contributed by atoms with Crippen molar-refractivity contribution in [1.82, 2.24) is 15.5 Å². The number of carboxylic acid groups (broad SMARTS) is 1. The van der Waals surface area contributed by atoms with Crippen molar-refractivity contribution < 1.29 is 14.4 Å². The zero-order valence-corrected chi connectivity index (χ0v) is 9.67. The zero-order chi connectivity index (χ0) is 12.8. The fraction of sp³-hybridized carbons (Fsp3) is 0.250. The van der Waals surface area contributed by atoms with E-state index in [0.29, 0.717) is 18.9 Å². The molecule has 0 unspecified atom stereocenters. The Bertz CT molecular complexity index is 511. The van der Waals surface area contributed by atoms with Crippen molar-refractivity contribution in [3.8, 4) is 0 Å². The van der Waals surface area contributed by atoms with Gasteiger partial charge in [0.2, 0.25) is 6.39 Å². The van der Waals surface area contributed by atoms with Gasteiger partial charge in [-0.25, -0.2) is 0 Å². The summed E-state index contributed by atoms with van der Waals surface area (Å²) in [6, 6.07) is 7.44. The fourth-order valence-electron chi connectivity index (χ4n) is 1.64. The minimum atomic E-state index is -0.833. The van der Waals surface area contributed by atoms with Crippen LogP contribution in [0.15, 0.2) is 35.2 Å². The van der Waals surface area contributed by atoms with Gasteiger partial charge in [-0.3, -0.25) is 4.79 Å². The molecule has 0 aliphatic rings. The number of hydrogen-bond donors (Lipinski definition) is 2. The number of benzene rings is 1. The van der Waals surface area contributed by atoms with Crippen LogP contribution in [0.5, 0.6) is 0 Å². The topological polar surface area (TPSA) is 88.2 Å². The van der Waals surface area contributed by atoms with Crippen LogP contribution in [0.2, 0.25) is 0 Å². The lowest BCUT2D eigenvalue weighted by Crippen LogP contribution is -2.15. The number of hydrogen-bond acceptors (Lipinski definition) is 5. The molecule has 0 radical (unpaired) electrons. The maximum Gasteiger partial charge on any atom is 0.307 e. The molecule has 2 N–H and O–H groups in total. The van der Waals surface area contributed by atoms with E-state index in [9.17, 15) is 4.79 Å². The van der Waals surface area contributed by atoms with Crippen LogP contribution in [0.3, 0.4) is 0 Å². The molecule has 6 nitrogen and oxygen atoms in total. The van der Waals surface area contributed by atoms with Crippen molar-refractivity contribution in [2.24, 2.45) is 0 Å². The second kappa shape index (κ2) is 5.92. The molecule has 0 fully saturated rings. The van der Waals surface area contributed by atoms with Gasteiger partial charge in [0.05, 0.1) is 13.0 Å². The first kappa shape index (κ1) is 12.3. The normalized spacial score (nSPS) is 10.4. The van der Waals surface area contributed by atoms with Crippen molar-refractivity contribution >= 4 is 5.97 Å². The van der Waals surface area contributed by atoms with E-state index in [1.807, 2.05) is 24.3 Å². The second-order valence-electron chi connectivity index (χ2n) is 3.79. The van der Waals surface area contributed by atoms with Crippen molar-refractivity contribution in [1.29, 1.82) is 0 Å². The molecule has 18 heavy (non-hydrogen) atoms. The molecule has 6 heteroatoms. The van der Waals surface area contributed by atoms with Crippen molar-refractivity contribution in [3.63, 3.8) is 0 Å². The Kier molecular flexibility index (Phi) is 4.03. The molecule has 2 rings (SSSR count). The molecule has 0 atom stereocenters. The molecule has 0 aliphatic carbocycles. The Hall–Kier alpha value is -2.21. The van der Waals surface area contributed by atoms with Crippen LogP contribution < -0.4 is 5.32 Å². The van der Waals surface area contributed by atoms with E-state index >= 15 is 0 Å². The predicted octanol–water partition coefficient (Wildman–Crippen LogP) is 0.987. The molecular formula is C12H13N3O3. The fourth-order valence-corrected chi connectivity index (χ4v) is 1.64. The summed E-state index contributed by atoms with van der Waals surface area (Å²) < 4.78 is 4.61. The lowest BCUT2D eigenvalue weighted by molar-refractivity contribution is -0.136. The highest BCUT2D eigenvalue weighted by molar-refractivity contribution is 5.70. The molecule has 0 bridgehead atoms. The Morgan fingerprint density at radius 3 is 2.72 bits per heavy atom. The van der Waals surface area contributed by atoms with Crippen molar-refractivity contribution in [3.05, 3.63) is 47.6 Å². The van der Waals surface area contributed by atoms with Crippen molar-refractivity contribution in [2.45, 2.75) is 19.5 Å². The zero-order valence-electron chi connectivity index (χ0n) is 9.67. The minimum Gasteiger partial charge on any atom is -0.481 e. The maximum atomic E-state index is 10.7. The molecule has 2 aromatic rings. The van der Waals surface area contributed by atoms with E-state index in [4.69, 9.17) is 5.11 Å². The van der Waals surface area contributed by atoms with Gasteiger partial charge in [0, 0.05) is 6.54 Å². The van der Waals surface area contributed by atoms with E-state index in [1.165, 1.54) is 6.39 Å². The van der Waals surface area contributed by atoms with Gasteiger partial charge in [-0.15, -0.1) is 0 Å². The summed E-state index contributed by atoms with van der Waals surface area (Å²) in [6.45, 7) is 1.05. The lowest BCUT2D eigenvalue weighted by Gasteiger charge is -2.07. The molecule has 0 saturated heterocycles. The summed E-state index contributed by atoms with van der Waals surface area (Å²) in [5.74, 6) is -0.258. The van der Waals surface area contributed by atoms with Crippen LogP contribution >= 0.6 is 0 Å². The van der Waals surface area contributed by atoms with Gasteiger partial charge in [-0.05, 0) is 11.1 Å². The largest absolute Gasteiger partial charge is 0.481 e. The maximum absolute atomic E-state index is 10.7. The molecule has 94 valence electrons. The third-order valence-electron chi connectivity index (χ3n) is 2.47. The Morgan fingerprint density at radius 1 is 1.28 bits per heavy atom. The first-order chi connectivity index (χ1) is 8.75. The summed E-state index contributed by atoms with van der Waals surface area (Å²) in [5, 5.41) is 15.6. The number of carbonyl (C=O) groups is 1. The minimum absolute atomic E-state index is 0.0278. The van der Waals surface area contributed by atoms with Gasteiger partial charge in [0.1, 0.15) is 0 Å². The average molecular weight is 247 g/mol. The van der Waals surface area contributed by atoms with Gasteiger partial charge in [0.15, 0.2) is 5.82 Å². The third kappa shape index (κ3) is 3.39. The van der Waals surface area contributed by atoms with Gasteiger partial charge in [0.25, 0.3) is 0 Å². The smallest absolute Gasteiger partial charge is 0.307 e. The van der Waals surface area contributed by atoms with E-state index in [-0.39, 0.29) is 6.42 Å². The summed E-state index contributed by atoms with van der Waals surface area (Å²) in [7, 11) is 0. The van der Waals surface area contributed by atoms with Crippen LogP contribution in [0, 0.1) is 0 Å². The lowest BCUT2D eigenvalue weighted by atomic mass is 10.0. The summed E-state index contributed by atoms with van der Waals surface area (Å²) in [6.07, 6.45) is 1.30. The summed E-state index contributed by atoms with van der Waals surface area (Å²) in [5.41, 5.74) is 1.77. The second-order valence-corrected chi connectivity index (χ2v) is 3.79. The number of nitrogens with one attached hydrogen (secondary N) is 1. The van der Waals surface area contributed by atoms with E-state index in [2.05, 4.69) is 20.0 Å². The van der Waals surface area contributed by atoms with Crippen LogP contribution in [0.25, 0.3) is 0 Å². The number of rotatable bonds is 6. The standard InChI is InChI=1S/C12H13N3O3/c16-12(17)5-9-3-1-2-4-10(9)6-13-7-11-14-8-18-15-11/h1-4,8,13H,5-7H2,(H,16,17). The van der Waals surface area contributed by atoms with Gasteiger partial charge in [-0.1, -0.05) is 29.4 Å². The predicted molar refractivity (Wildman–Crippen MR) is 62.6 cm³/mol. The van der Waals surface area contributed by atoms with Crippen molar-refractivity contribution in [2.75, 3.05) is 0 Å². The number of carboxylic acids is 1. The monoisotopic (exact) mass is 247 g/mol. The van der Waals surface area contributed by atoms with Crippen LogP contribution in [0.1, 0.15) is 17.0 Å². The molecule has 1 aromatic heterocycles. The molecule has 0 spiro atoms. The third-order valence-corrected chi connectivity index (χ3v) is 2.47. The number of nitrogens with zero attached hydrogens (tertiary/aromatic N) is 2. The summed E-state index contributed by atoms with van der Waals surface area (Å²) in [4.78, 5) is 14.6. The molecule has 1 aromatic carbocycles. The van der Waals surface area contributed by atoms with E-state index < -0.39 is 5.97 Å². The Balaban J connectivity index is 1.94. The molecule has 1 heterocycles. The van der Waals surface area contributed by atoms with Gasteiger partial charge < -0.3 is 14.9 Å². The SMILES string of the molecule is O=C(O)Cc1ccccc1CNCc1ncon1. The van der Waals surface area contributed by atoms with E-state index in [1.54, 1.807) is 0 Å². The van der Waals surface area contributed by atoms with Gasteiger partial charge >= 0.3 is 5.97 Å². The van der Waals surface area contributed by atoms with Crippen LogP contribution in [0.4, 0.5) is 0 Å². The highest BCUT2D eigenvalue weighted by Crippen LogP contribution is 2.09. The summed E-state index contributed by atoms with van der Waals surface area (Å²) >= 11 is 0. The molecule has 0 amide bonds. The first-order valence-corrected chi connectivity index (χ1v) is 5.50. The average Bonchev–Trinajstić information content (AvgIpc) is 2.84. The Labute approximate surface area is 104 Å². The first-order valence-electron chi connectivity index (χ1n) is 5.50. The quantitative estimate of drug-likeness (QED) is 0.791. The van der Waals surface area contributed by atoms with Gasteiger partial charge in [-0.2, -0.15) is 4.98 Å². The highest BCUT2D eigenvalue weighted by Gasteiger charge is 2.06. The molecular weight excluding hydrogens is 234 g/mol.